The number of rotatable bonds is 7. The van der Waals surface area contributed by atoms with Crippen molar-refractivity contribution in [3.05, 3.63) is 5.28 Å². The van der Waals surface area contributed by atoms with E-state index in [1.54, 1.807) is 0 Å². The summed E-state index contributed by atoms with van der Waals surface area (Å²) in [6.07, 6.45) is -0.935. The summed E-state index contributed by atoms with van der Waals surface area (Å²) in [6, 6.07) is 0.233. The third kappa shape index (κ3) is 4.31. The number of anilines is 1. The van der Waals surface area contributed by atoms with Gasteiger partial charge in [-0.1, -0.05) is 18.1 Å². The number of nitrogens with zero attached hydrogens (tertiary/aromatic N) is 5. The minimum absolute atomic E-state index is 0.00796. The third-order valence-electron chi connectivity index (χ3n) is 6.58. The molecule has 0 bridgehead atoms. The largest absolute Gasteiger partial charge is 0.387 e. The second-order valence-corrected chi connectivity index (χ2v) is 11.1. The van der Waals surface area contributed by atoms with E-state index in [4.69, 9.17) is 25.8 Å². The van der Waals surface area contributed by atoms with Gasteiger partial charge in [-0.3, -0.25) is 4.57 Å². The molecule has 1 saturated carbocycles. The maximum Gasteiger partial charge on any atom is 0.359 e. The van der Waals surface area contributed by atoms with Crippen molar-refractivity contribution in [2.45, 2.75) is 68.0 Å². The Hall–Kier alpha value is -1.48. The Balaban J connectivity index is 1.36. The molecule has 14 nitrogen and oxygen atoms in total. The summed E-state index contributed by atoms with van der Waals surface area (Å²) in [5.41, 5.74) is 0.541. The summed E-state index contributed by atoms with van der Waals surface area (Å²) in [4.78, 5) is 27.9. The molecule has 1 unspecified atom stereocenters. The lowest BCUT2D eigenvalue weighted by atomic mass is 10.1. The Morgan fingerprint density at radius 3 is 2.68 bits per heavy atom. The van der Waals surface area contributed by atoms with Crippen molar-refractivity contribution in [1.29, 1.82) is 0 Å². The summed E-state index contributed by atoms with van der Waals surface area (Å²) < 4.78 is 29.6. The van der Waals surface area contributed by atoms with Gasteiger partial charge in [-0.05, 0) is 24.4 Å². The highest BCUT2D eigenvalue weighted by Gasteiger charge is 2.53. The van der Waals surface area contributed by atoms with Gasteiger partial charge < -0.3 is 39.5 Å². The van der Waals surface area contributed by atoms with Crippen LogP contribution in [0, 0.1) is 0 Å². The summed E-state index contributed by atoms with van der Waals surface area (Å²) in [7, 11) is -4.67. The van der Waals surface area contributed by atoms with Gasteiger partial charge in [-0.15, -0.1) is 5.10 Å². The first kappa shape index (κ1) is 24.2. The molecule has 3 aliphatic rings. The number of aromatic nitrogens is 5. The predicted molar refractivity (Wildman–Crippen MR) is 116 cm³/mol. The fourth-order valence-corrected chi connectivity index (χ4v) is 5.66. The van der Waals surface area contributed by atoms with E-state index in [2.05, 4.69) is 25.6 Å². The minimum Gasteiger partial charge on any atom is -0.387 e. The zero-order valence-corrected chi connectivity index (χ0v) is 19.7. The van der Waals surface area contributed by atoms with Gasteiger partial charge in [0.05, 0.1) is 19.8 Å². The zero-order chi connectivity index (χ0) is 24.1. The molecule has 0 aromatic carbocycles. The number of halogens is 1. The average Bonchev–Trinajstić information content (AvgIpc) is 3.56. The van der Waals surface area contributed by atoms with Crippen LogP contribution in [-0.2, 0) is 18.8 Å². The number of fused-ring (bicyclic) bond motifs is 1. The van der Waals surface area contributed by atoms with Crippen LogP contribution in [-0.4, -0.2) is 94.5 Å². The number of aliphatic hydroxyl groups excluding tert-OH is 2. The highest BCUT2D eigenvalue weighted by Crippen LogP contribution is 2.55. The number of aliphatic hydroxyl groups is 2. The average molecular weight is 521 g/mol. The molecule has 188 valence electrons. The molecular weight excluding hydrogens is 495 g/mol. The maximum absolute atomic E-state index is 12.0. The van der Waals surface area contributed by atoms with Crippen molar-refractivity contribution in [1.82, 2.24) is 25.0 Å². The van der Waals surface area contributed by atoms with Gasteiger partial charge in [-0.2, -0.15) is 14.6 Å². The molecule has 2 aromatic heterocycles. The molecule has 0 spiro atoms. The number of nitrogens with one attached hydrogen (secondary N) is 1. The van der Waals surface area contributed by atoms with Crippen LogP contribution in [0.4, 0.5) is 5.82 Å². The van der Waals surface area contributed by atoms with E-state index >= 15 is 0 Å². The van der Waals surface area contributed by atoms with Crippen molar-refractivity contribution >= 4 is 36.2 Å². The Morgan fingerprint density at radius 2 is 2.00 bits per heavy atom. The minimum atomic E-state index is -4.67. The Kier molecular flexibility index (Phi) is 6.55. The summed E-state index contributed by atoms with van der Waals surface area (Å²) >= 11 is 6.13. The molecule has 5 atom stereocenters. The van der Waals surface area contributed by atoms with Crippen LogP contribution in [0.5, 0.6) is 0 Å². The molecule has 2 aromatic rings. The van der Waals surface area contributed by atoms with Gasteiger partial charge in [-0.25, -0.2) is 0 Å². The maximum atomic E-state index is 12.0. The second-order valence-electron chi connectivity index (χ2n) is 8.82. The third-order valence-corrected chi connectivity index (χ3v) is 8.30. The first-order valence-electron chi connectivity index (χ1n) is 11.0. The summed E-state index contributed by atoms with van der Waals surface area (Å²) in [5.74, 6) is 0.422. The first-order chi connectivity index (χ1) is 16.2. The molecule has 16 heteroatoms. The summed E-state index contributed by atoms with van der Waals surface area (Å²) in [5, 5.41) is 30.8. The van der Waals surface area contributed by atoms with Crippen molar-refractivity contribution in [2.24, 2.45) is 0 Å². The molecule has 4 heterocycles. The lowest BCUT2D eigenvalue weighted by Gasteiger charge is -2.30. The Morgan fingerprint density at radius 1 is 1.24 bits per heavy atom. The van der Waals surface area contributed by atoms with E-state index < -0.39 is 37.5 Å². The van der Waals surface area contributed by atoms with Crippen LogP contribution in [0.15, 0.2) is 0 Å². The predicted octanol–water partition coefficient (Wildman–Crippen LogP) is 0.159. The van der Waals surface area contributed by atoms with Gasteiger partial charge in [0.2, 0.25) is 5.28 Å². The topological polar surface area (TPSA) is 194 Å². The lowest BCUT2D eigenvalue weighted by molar-refractivity contribution is -0.0989. The van der Waals surface area contributed by atoms with E-state index in [0.717, 1.165) is 25.7 Å². The first-order valence-corrected chi connectivity index (χ1v) is 13.0. The van der Waals surface area contributed by atoms with Gasteiger partial charge in [0.15, 0.2) is 28.6 Å². The van der Waals surface area contributed by atoms with E-state index in [9.17, 15) is 24.6 Å². The normalized spacial score (nSPS) is 32.7. The standard InChI is InChI=1S/C18H26ClN6O8P/c19-17-21-14(20-9-3-1-2-4-9)11-15(22-17)25(24-23-11)16-13(27)12(26)10(33-16)7-32-18(34(28,29)30)5-6-31-8-18/h9-10,12-13,16,26-27H,1-8H2,(H,20,21,22)(H2,28,29,30)/t10-,12-,13-,16-,18?/m1/s1. The molecule has 0 radical (unpaired) electrons. The van der Waals surface area contributed by atoms with Crippen LogP contribution in [0.2, 0.25) is 5.28 Å². The molecule has 3 fully saturated rings. The van der Waals surface area contributed by atoms with Gasteiger partial charge >= 0.3 is 7.60 Å². The quantitative estimate of drug-likeness (QED) is 0.245. The molecule has 5 rings (SSSR count). The number of hydrogen-bond acceptors (Lipinski definition) is 11. The molecule has 0 amide bonds. The molecule has 34 heavy (non-hydrogen) atoms. The van der Waals surface area contributed by atoms with E-state index in [1.807, 2.05) is 0 Å². The molecule has 5 N–H and O–H groups in total. The molecule has 2 saturated heterocycles. The van der Waals surface area contributed by atoms with Crippen molar-refractivity contribution < 1.29 is 38.8 Å². The van der Waals surface area contributed by atoms with Crippen LogP contribution >= 0.6 is 19.2 Å². The van der Waals surface area contributed by atoms with E-state index in [0.29, 0.717) is 11.3 Å². The number of hydrogen-bond donors (Lipinski definition) is 5. The van der Waals surface area contributed by atoms with Crippen LogP contribution in [0.3, 0.4) is 0 Å². The smallest absolute Gasteiger partial charge is 0.359 e. The van der Waals surface area contributed by atoms with Crippen LogP contribution in [0.25, 0.3) is 11.2 Å². The summed E-state index contributed by atoms with van der Waals surface area (Å²) in [6.45, 7) is -0.543. The monoisotopic (exact) mass is 520 g/mol. The van der Waals surface area contributed by atoms with E-state index in [-0.39, 0.29) is 43.2 Å². The van der Waals surface area contributed by atoms with Crippen molar-refractivity contribution in [3.63, 3.8) is 0 Å². The number of ether oxygens (including phenoxy) is 3. The second kappa shape index (κ2) is 9.19. The zero-order valence-electron chi connectivity index (χ0n) is 18.0. The van der Waals surface area contributed by atoms with Gasteiger partial charge in [0, 0.05) is 12.5 Å². The van der Waals surface area contributed by atoms with Crippen molar-refractivity contribution in [2.75, 3.05) is 25.1 Å². The Labute approximate surface area is 198 Å². The van der Waals surface area contributed by atoms with E-state index in [1.165, 1.54) is 4.68 Å². The van der Waals surface area contributed by atoms with Crippen LogP contribution < -0.4 is 5.32 Å². The van der Waals surface area contributed by atoms with Crippen molar-refractivity contribution in [3.8, 4) is 0 Å². The fourth-order valence-electron chi connectivity index (χ4n) is 4.61. The van der Waals surface area contributed by atoms with Gasteiger partial charge in [0.25, 0.3) is 0 Å². The Bertz CT molecular complexity index is 1090. The lowest BCUT2D eigenvalue weighted by Crippen LogP contribution is -2.39. The molecule has 1 aliphatic carbocycles. The van der Waals surface area contributed by atoms with Gasteiger partial charge in [0.1, 0.15) is 18.3 Å². The molecular formula is C18H26ClN6O8P. The SMILES string of the molecule is O=P(O)(O)C1(OC[C@H]2O[C@@H](n3nnc4c(NC5CCCC5)nc(Cl)nc43)[C@H](O)[C@@H]2O)CCOC1. The molecule has 2 aliphatic heterocycles. The highest BCUT2D eigenvalue weighted by atomic mass is 35.5. The van der Waals surface area contributed by atoms with Crippen LogP contribution in [0.1, 0.15) is 38.3 Å². The fraction of sp³-hybridized carbons (Fsp3) is 0.778. The highest BCUT2D eigenvalue weighted by molar-refractivity contribution is 7.53.